The van der Waals surface area contributed by atoms with Gasteiger partial charge in [0, 0.05) is 23.9 Å². The van der Waals surface area contributed by atoms with E-state index in [4.69, 9.17) is 23.2 Å². The van der Waals surface area contributed by atoms with Crippen molar-refractivity contribution in [3.8, 4) is 0 Å². The third kappa shape index (κ3) is 3.59. The lowest BCUT2D eigenvalue weighted by atomic mass is 10.1. The average molecular weight is 318 g/mol. The van der Waals surface area contributed by atoms with Gasteiger partial charge in [-0.1, -0.05) is 11.6 Å². The number of alkyl halides is 1. The molecule has 0 aliphatic carbocycles. The summed E-state index contributed by atoms with van der Waals surface area (Å²) in [7, 11) is 0. The summed E-state index contributed by atoms with van der Waals surface area (Å²) in [4.78, 5) is 15.4. The Bertz CT molecular complexity index is 467. The summed E-state index contributed by atoms with van der Waals surface area (Å²) in [5, 5.41) is 0.531. The van der Waals surface area contributed by atoms with E-state index in [1.54, 1.807) is 17.8 Å². The molecule has 1 aromatic rings. The highest BCUT2D eigenvalue weighted by atomic mass is 35.5. The van der Waals surface area contributed by atoms with E-state index in [1.807, 2.05) is 23.3 Å². The fourth-order valence-corrected chi connectivity index (χ4v) is 3.32. The van der Waals surface area contributed by atoms with Crippen LogP contribution in [0.5, 0.6) is 0 Å². The smallest absolute Gasteiger partial charge is 0.255 e. The number of halogens is 2. The summed E-state index contributed by atoms with van der Waals surface area (Å²) >= 11 is 13.5. The van der Waals surface area contributed by atoms with Gasteiger partial charge in [-0.15, -0.1) is 23.4 Å². The topological polar surface area (TPSA) is 20.3 Å². The van der Waals surface area contributed by atoms with Crippen LogP contribution in [-0.4, -0.2) is 36.0 Å². The molecule has 1 atom stereocenters. The van der Waals surface area contributed by atoms with Gasteiger partial charge in [0.05, 0.1) is 10.6 Å². The van der Waals surface area contributed by atoms with E-state index in [0.717, 1.165) is 30.8 Å². The van der Waals surface area contributed by atoms with E-state index in [-0.39, 0.29) is 5.91 Å². The second-order valence-electron chi connectivity index (χ2n) is 4.73. The van der Waals surface area contributed by atoms with Gasteiger partial charge in [0.2, 0.25) is 0 Å². The molecule has 1 aromatic carbocycles. The number of benzene rings is 1. The molecule has 104 valence electrons. The first kappa shape index (κ1) is 15.0. The van der Waals surface area contributed by atoms with Gasteiger partial charge in [0.25, 0.3) is 5.91 Å². The van der Waals surface area contributed by atoms with Crippen LogP contribution in [0.1, 0.15) is 23.2 Å². The molecule has 1 unspecified atom stereocenters. The summed E-state index contributed by atoms with van der Waals surface area (Å²) in [6, 6.07) is 5.61. The van der Waals surface area contributed by atoms with Crippen molar-refractivity contribution in [1.29, 1.82) is 0 Å². The van der Waals surface area contributed by atoms with Crippen molar-refractivity contribution in [3.63, 3.8) is 0 Å². The van der Waals surface area contributed by atoms with E-state index in [0.29, 0.717) is 22.4 Å². The van der Waals surface area contributed by atoms with Gasteiger partial charge in [-0.05, 0) is 43.2 Å². The van der Waals surface area contributed by atoms with Crippen LogP contribution in [0.4, 0.5) is 0 Å². The molecule has 0 radical (unpaired) electrons. The predicted molar refractivity (Wildman–Crippen MR) is 82.6 cm³/mol. The van der Waals surface area contributed by atoms with Crippen molar-refractivity contribution in [2.45, 2.75) is 17.7 Å². The molecular formula is C14H17Cl2NOS. The van der Waals surface area contributed by atoms with Crippen LogP contribution in [0.2, 0.25) is 5.02 Å². The number of hydrogen-bond donors (Lipinski definition) is 0. The summed E-state index contributed by atoms with van der Waals surface area (Å²) in [6.45, 7) is 1.60. The second kappa shape index (κ2) is 6.87. The standard InChI is InChI=1S/C14H17Cl2NOS/c1-19-11-2-3-13(16)12(8-11)14(18)17-7-5-10(9-17)4-6-15/h2-3,8,10H,4-7,9H2,1H3. The molecule has 1 saturated heterocycles. The first-order valence-corrected chi connectivity index (χ1v) is 8.48. The Morgan fingerprint density at radius 3 is 3.00 bits per heavy atom. The molecule has 0 N–H and O–H groups in total. The van der Waals surface area contributed by atoms with Crippen molar-refractivity contribution < 1.29 is 4.79 Å². The molecule has 2 rings (SSSR count). The van der Waals surface area contributed by atoms with Gasteiger partial charge in [-0.25, -0.2) is 0 Å². The molecule has 0 saturated carbocycles. The number of carbonyl (C=O) groups is 1. The van der Waals surface area contributed by atoms with Crippen LogP contribution in [0, 0.1) is 5.92 Å². The van der Waals surface area contributed by atoms with Crippen molar-refractivity contribution >= 4 is 40.9 Å². The lowest BCUT2D eigenvalue weighted by Crippen LogP contribution is -2.29. The minimum absolute atomic E-state index is 0.0398. The monoisotopic (exact) mass is 317 g/mol. The molecule has 0 bridgehead atoms. The Hall–Kier alpha value is -0.380. The average Bonchev–Trinajstić information content (AvgIpc) is 2.88. The Morgan fingerprint density at radius 1 is 1.53 bits per heavy atom. The van der Waals surface area contributed by atoms with Crippen molar-refractivity contribution in [3.05, 3.63) is 28.8 Å². The van der Waals surface area contributed by atoms with Crippen LogP contribution in [-0.2, 0) is 0 Å². The number of carbonyl (C=O) groups excluding carboxylic acids is 1. The van der Waals surface area contributed by atoms with Gasteiger partial charge >= 0.3 is 0 Å². The van der Waals surface area contributed by atoms with Crippen LogP contribution >= 0.6 is 35.0 Å². The minimum Gasteiger partial charge on any atom is -0.338 e. The summed E-state index contributed by atoms with van der Waals surface area (Å²) in [5.41, 5.74) is 0.611. The Labute approximate surface area is 128 Å². The molecule has 2 nitrogen and oxygen atoms in total. The highest BCUT2D eigenvalue weighted by Crippen LogP contribution is 2.27. The van der Waals surface area contributed by atoms with Gasteiger partial charge in [-0.3, -0.25) is 4.79 Å². The van der Waals surface area contributed by atoms with Gasteiger partial charge in [0.1, 0.15) is 0 Å². The predicted octanol–water partition coefficient (Wildman–Crippen LogP) is 4.15. The fraction of sp³-hybridized carbons (Fsp3) is 0.500. The maximum Gasteiger partial charge on any atom is 0.255 e. The maximum atomic E-state index is 12.5. The summed E-state index contributed by atoms with van der Waals surface area (Å²) < 4.78 is 0. The van der Waals surface area contributed by atoms with Crippen molar-refractivity contribution in [2.75, 3.05) is 25.2 Å². The lowest BCUT2D eigenvalue weighted by Gasteiger charge is -2.17. The van der Waals surface area contributed by atoms with Gasteiger partial charge in [-0.2, -0.15) is 0 Å². The molecule has 19 heavy (non-hydrogen) atoms. The zero-order valence-corrected chi connectivity index (χ0v) is 13.2. The van der Waals surface area contributed by atoms with Crippen LogP contribution < -0.4 is 0 Å². The molecule has 5 heteroatoms. The first-order chi connectivity index (χ1) is 9.15. The quantitative estimate of drug-likeness (QED) is 0.614. The third-order valence-corrected chi connectivity index (χ3v) is 4.77. The molecule has 0 aromatic heterocycles. The number of hydrogen-bond acceptors (Lipinski definition) is 2. The summed E-state index contributed by atoms with van der Waals surface area (Å²) in [5.74, 6) is 1.23. The molecule has 1 fully saturated rings. The zero-order chi connectivity index (χ0) is 13.8. The van der Waals surface area contributed by atoms with Gasteiger partial charge in [0.15, 0.2) is 0 Å². The number of amides is 1. The van der Waals surface area contributed by atoms with E-state index < -0.39 is 0 Å². The highest BCUT2D eigenvalue weighted by molar-refractivity contribution is 7.98. The van der Waals surface area contributed by atoms with Crippen LogP contribution in [0.25, 0.3) is 0 Å². The normalized spacial score (nSPS) is 18.9. The SMILES string of the molecule is CSc1ccc(Cl)c(C(=O)N2CCC(CCCl)C2)c1. The largest absolute Gasteiger partial charge is 0.338 e. The van der Waals surface area contributed by atoms with Crippen molar-refractivity contribution in [1.82, 2.24) is 4.90 Å². The zero-order valence-electron chi connectivity index (χ0n) is 10.9. The van der Waals surface area contributed by atoms with E-state index in [2.05, 4.69) is 0 Å². The molecular weight excluding hydrogens is 301 g/mol. The van der Waals surface area contributed by atoms with Crippen LogP contribution in [0.15, 0.2) is 23.1 Å². The second-order valence-corrected chi connectivity index (χ2v) is 6.39. The summed E-state index contributed by atoms with van der Waals surface area (Å²) in [6.07, 6.45) is 4.01. The Kier molecular flexibility index (Phi) is 5.43. The third-order valence-electron chi connectivity index (χ3n) is 3.49. The Balaban J connectivity index is 2.12. The molecule has 1 heterocycles. The van der Waals surface area contributed by atoms with Gasteiger partial charge < -0.3 is 4.90 Å². The number of thioether (sulfide) groups is 1. The lowest BCUT2D eigenvalue weighted by molar-refractivity contribution is 0.0787. The maximum absolute atomic E-state index is 12.5. The first-order valence-electron chi connectivity index (χ1n) is 6.34. The fourth-order valence-electron chi connectivity index (χ4n) is 2.37. The number of likely N-dealkylation sites (tertiary alicyclic amines) is 1. The van der Waals surface area contributed by atoms with Crippen molar-refractivity contribution in [2.24, 2.45) is 5.92 Å². The minimum atomic E-state index is 0.0398. The molecule has 0 spiro atoms. The Morgan fingerprint density at radius 2 is 2.32 bits per heavy atom. The number of rotatable bonds is 4. The van der Waals surface area contributed by atoms with E-state index >= 15 is 0 Å². The number of nitrogens with zero attached hydrogens (tertiary/aromatic N) is 1. The molecule has 1 aliphatic heterocycles. The molecule has 1 aliphatic rings. The van der Waals surface area contributed by atoms with Crippen LogP contribution in [0.3, 0.4) is 0 Å². The highest BCUT2D eigenvalue weighted by Gasteiger charge is 2.27. The van der Waals surface area contributed by atoms with E-state index in [1.165, 1.54) is 0 Å². The molecule has 1 amide bonds. The van der Waals surface area contributed by atoms with E-state index in [9.17, 15) is 4.79 Å².